The van der Waals surface area contributed by atoms with Crippen molar-refractivity contribution in [2.75, 3.05) is 19.8 Å². The fraction of sp³-hybridized carbons (Fsp3) is 0.692. The van der Waals surface area contributed by atoms with Gasteiger partial charge in [-0.15, -0.1) is 0 Å². The van der Waals surface area contributed by atoms with Gasteiger partial charge in [0.2, 0.25) is 0 Å². The molecule has 0 atom stereocenters. The number of nitrogens with one attached hydrogen (secondary N) is 1. The van der Waals surface area contributed by atoms with Gasteiger partial charge in [-0.05, 0) is 25.5 Å². The Kier molecular flexibility index (Phi) is 3.08. The van der Waals surface area contributed by atoms with Crippen molar-refractivity contribution in [1.82, 2.24) is 9.88 Å². The van der Waals surface area contributed by atoms with E-state index in [4.69, 9.17) is 4.74 Å². The molecule has 3 nitrogen and oxygen atoms in total. The van der Waals surface area contributed by atoms with Crippen LogP contribution in [0, 0.1) is 19.3 Å². The molecule has 1 aromatic rings. The van der Waals surface area contributed by atoms with Gasteiger partial charge in [-0.2, -0.15) is 0 Å². The molecule has 0 unspecified atom stereocenters. The first-order valence-corrected chi connectivity index (χ1v) is 5.92. The molecule has 0 aliphatic carbocycles. The van der Waals surface area contributed by atoms with Crippen LogP contribution >= 0.6 is 0 Å². The van der Waals surface area contributed by atoms with Crippen LogP contribution in [0.1, 0.15) is 23.9 Å². The maximum Gasteiger partial charge on any atom is 0.0554 e. The molecular formula is C13H22N2O. The van der Waals surface area contributed by atoms with E-state index in [-0.39, 0.29) is 0 Å². The normalized spacial score (nSPS) is 18.5. The van der Waals surface area contributed by atoms with Crippen LogP contribution in [0.25, 0.3) is 0 Å². The van der Waals surface area contributed by atoms with Gasteiger partial charge in [-0.3, -0.25) is 0 Å². The van der Waals surface area contributed by atoms with E-state index in [1.807, 2.05) is 0 Å². The zero-order valence-corrected chi connectivity index (χ0v) is 10.8. The van der Waals surface area contributed by atoms with Gasteiger partial charge in [-0.1, -0.05) is 6.92 Å². The first-order valence-electron chi connectivity index (χ1n) is 5.92. The van der Waals surface area contributed by atoms with Crippen LogP contribution in [0.4, 0.5) is 0 Å². The largest absolute Gasteiger partial charge is 0.380 e. The standard InChI is InChI=1S/C13H22N2O/c1-10-5-12(11(2)15(10)4)6-14-7-13(3)8-16-9-13/h5,14H,6-9H2,1-4H3. The van der Waals surface area contributed by atoms with Gasteiger partial charge in [0.05, 0.1) is 13.2 Å². The second-order valence-corrected chi connectivity index (χ2v) is 5.36. The maximum absolute atomic E-state index is 5.24. The Morgan fingerprint density at radius 3 is 2.56 bits per heavy atom. The summed E-state index contributed by atoms with van der Waals surface area (Å²) in [5.74, 6) is 0. The smallest absolute Gasteiger partial charge is 0.0554 e. The molecule has 0 aromatic carbocycles. The van der Waals surface area contributed by atoms with Gasteiger partial charge in [-0.25, -0.2) is 0 Å². The van der Waals surface area contributed by atoms with E-state index in [0.29, 0.717) is 5.41 Å². The van der Waals surface area contributed by atoms with Crippen LogP contribution in [0.2, 0.25) is 0 Å². The van der Waals surface area contributed by atoms with E-state index in [1.54, 1.807) is 0 Å². The zero-order valence-electron chi connectivity index (χ0n) is 10.8. The molecule has 1 aliphatic rings. The molecule has 1 aliphatic heterocycles. The van der Waals surface area contributed by atoms with Gasteiger partial charge < -0.3 is 14.6 Å². The third kappa shape index (κ3) is 2.15. The third-order valence-electron chi connectivity index (χ3n) is 3.65. The van der Waals surface area contributed by atoms with E-state index in [0.717, 1.165) is 26.3 Å². The van der Waals surface area contributed by atoms with Crippen molar-refractivity contribution < 1.29 is 4.74 Å². The molecule has 0 radical (unpaired) electrons. The SMILES string of the molecule is Cc1cc(CNCC2(C)COC2)c(C)n1C. The minimum atomic E-state index is 0.359. The van der Waals surface area contributed by atoms with Crippen molar-refractivity contribution in [2.24, 2.45) is 12.5 Å². The molecule has 0 spiro atoms. The molecule has 3 heteroatoms. The summed E-state index contributed by atoms with van der Waals surface area (Å²) in [5.41, 5.74) is 4.45. The number of aromatic nitrogens is 1. The molecule has 1 fully saturated rings. The highest BCUT2D eigenvalue weighted by Gasteiger charge is 2.32. The Morgan fingerprint density at radius 2 is 2.12 bits per heavy atom. The summed E-state index contributed by atoms with van der Waals surface area (Å²) in [4.78, 5) is 0. The van der Waals surface area contributed by atoms with Crippen molar-refractivity contribution in [1.29, 1.82) is 0 Å². The third-order valence-corrected chi connectivity index (χ3v) is 3.65. The highest BCUT2D eigenvalue weighted by Crippen LogP contribution is 2.25. The van der Waals surface area contributed by atoms with E-state index in [2.05, 4.69) is 43.8 Å². The lowest BCUT2D eigenvalue weighted by atomic mass is 9.89. The number of hydrogen-bond donors (Lipinski definition) is 1. The molecule has 0 amide bonds. The Hall–Kier alpha value is -0.800. The first kappa shape index (κ1) is 11.7. The fourth-order valence-corrected chi connectivity index (χ4v) is 2.16. The Labute approximate surface area is 97.8 Å². The molecule has 1 saturated heterocycles. The summed E-state index contributed by atoms with van der Waals surface area (Å²) >= 11 is 0. The number of ether oxygens (including phenoxy) is 1. The molecule has 2 rings (SSSR count). The molecule has 16 heavy (non-hydrogen) atoms. The zero-order chi connectivity index (χ0) is 11.8. The lowest BCUT2D eigenvalue weighted by Crippen LogP contribution is -2.47. The van der Waals surface area contributed by atoms with Crippen molar-refractivity contribution in [3.05, 3.63) is 23.0 Å². The van der Waals surface area contributed by atoms with Crippen LogP contribution < -0.4 is 5.32 Å². The Morgan fingerprint density at radius 1 is 1.44 bits per heavy atom. The minimum absolute atomic E-state index is 0.359. The minimum Gasteiger partial charge on any atom is -0.380 e. The quantitative estimate of drug-likeness (QED) is 0.840. The summed E-state index contributed by atoms with van der Waals surface area (Å²) in [6.07, 6.45) is 0. The highest BCUT2D eigenvalue weighted by molar-refractivity contribution is 5.26. The summed E-state index contributed by atoms with van der Waals surface area (Å²) < 4.78 is 7.48. The van der Waals surface area contributed by atoms with Crippen LogP contribution in [-0.4, -0.2) is 24.3 Å². The van der Waals surface area contributed by atoms with Crippen LogP contribution in [-0.2, 0) is 18.3 Å². The molecule has 2 heterocycles. The average molecular weight is 222 g/mol. The van der Waals surface area contributed by atoms with E-state index >= 15 is 0 Å². The Balaban J connectivity index is 1.87. The summed E-state index contributed by atoms with van der Waals surface area (Å²) in [6, 6.07) is 2.27. The first-order chi connectivity index (χ1) is 7.52. The molecule has 1 N–H and O–H groups in total. The number of rotatable bonds is 4. The number of hydrogen-bond acceptors (Lipinski definition) is 2. The van der Waals surface area contributed by atoms with Crippen molar-refractivity contribution in [2.45, 2.75) is 27.3 Å². The Bertz CT molecular complexity index is 378. The fourth-order valence-electron chi connectivity index (χ4n) is 2.16. The van der Waals surface area contributed by atoms with Gasteiger partial charge in [0.25, 0.3) is 0 Å². The summed E-state index contributed by atoms with van der Waals surface area (Å²) in [7, 11) is 2.12. The second-order valence-electron chi connectivity index (χ2n) is 5.36. The number of nitrogens with zero attached hydrogens (tertiary/aromatic N) is 1. The summed E-state index contributed by atoms with van der Waals surface area (Å²) in [6.45, 7) is 10.4. The molecule has 0 bridgehead atoms. The lowest BCUT2D eigenvalue weighted by molar-refractivity contribution is -0.0991. The summed E-state index contributed by atoms with van der Waals surface area (Å²) in [5, 5.41) is 3.53. The van der Waals surface area contributed by atoms with E-state index < -0.39 is 0 Å². The van der Waals surface area contributed by atoms with E-state index in [1.165, 1.54) is 17.0 Å². The molecule has 0 saturated carbocycles. The van der Waals surface area contributed by atoms with Crippen LogP contribution in [0.3, 0.4) is 0 Å². The molecular weight excluding hydrogens is 200 g/mol. The van der Waals surface area contributed by atoms with Crippen LogP contribution in [0.15, 0.2) is 6.07 Å². The van der Waals surface area contributed by atoms with Gasteiger partial charge in [0.1, 0.15) is 0 Å². The van der Waals surface area contributed by atoms with Crippen molar-refractivity contribution >= 4 is 0 Å². The predicted octanol–water partition coefficient (Wildman–Crippen LogP) is 1.77. The molecule has 1 aromatic heterocycles. The van der Waals surface area contributed by atoms with Crippen LogP contribution in [0.5, 0.6) is 0 Å². The number of aryl methyl sites for hydroxylation is 1. The highest BCUT2D eigenvalue weighted by atomic mass is 16.5. The lowest BCUT2D eigenvalue weighted by Gasteiger charge is -2.38. The molecule has 90 valence electrons. The van der Waals surface area contributed by atoms with Crippen molar-refractivity contribution in [3.63, 3.8) is 0 Å². The van der Waals surface area contributed by atoms with Gasteiger partial charge in [0, 0.05) is 36.9 Å². The van der Waals surface area contributed by atoms with Gasteiger partial charge in [0.15, 0.2) is 0 Å². The maximum atomic E-state index is 5.24. The van der Waals surface area contributed by atoms with Gasteiger partial charge >= 0.3 is 0 Å². The monoisotopic (exact) mass is 222 g/mol. The predicted molar refractivity (Wildman–Crippen MR) is 65.5 cm³/mol. The average Bonchev–Trinajstić information content (AvgIpc) is 2.44. The topological polar surface area (TPSA) is 26.2 Å². The van der Waals surface area contributed by atoms with Crippen molar-refractivity contribution in [3.8, 4) is 0 Å². The second kappa shape index (κ2) is 4.22. The van der Waals surface area contributed by atoms with E-state index in [9.17, 15) is 0 Å².